The molecule has 0 aliphatic heterocycles. The second-order valence-corrected chi connectivity index (χ2v) is 6.45. The standard InChI is InChI=1S/C20H18N4O4/c25-18(26)10-9-17-21-19(24-23-17)22-20(27)28-11-16-14-7-3-1-5-12(14)13-6-2-4-8-15(13)16/h1-8,16H,9-11H2,(H,25,26)(H2,21,22,23,24,27). The van der Waals surface area contributed by atoms with Crippen molar-refractivity contribution in [3.63, 3.8) is 0 Å². The molecule has 2 aromatic carbocycles. The molecule has 28 heavy (non-hydrogen) atoms. The molecule has 0 unspecified atom stereocenters. The zero-order valence-corrected chi connectivity index (χ0v) is 14.9. The molecule has 4 rings (SSSR count). The van der Waals surface area contributed by atoms with Crippen LogP contribution in [0.2, 0.25) is 0 Å². The molecular formula is C20H18N4O4. The highest BCUT2D eigenvalue weighted by atomic mass is 16.5. The third-order valence-electron chi connectivity index (χ3n) is 4.66. The van der Waals surface area contributed by atoms with Gasteiger partial charge in [-0.15, -0.1) is 5.10 Å². The van der Waals surface area contributed by atoms with E-state index in [2.05, 4.69) is 32.6 Å². The number of carboxylic acid groups (broad SMARTS) is 1. The van der Waals surface area contributed by atoms with Crippen LogP contribution in [0.15, 0.2) is 48.5 Å². The Kier molecular flexibility index (Phi) is 4.76. The molecule has 0 radical (unpaired) electrons. The first-order valence-corrected chi connectivity index (χ1v) is 8.87. The van der Waals surface area contributed by atoms with E-state index in [1.165, 1.54) is 0 Å². The van der Waals surface area contributed by atoms with Gasteiger partial charge in [-0.2, -0.15) is 4.98 Å². The predicted molar refractivity (Wildman–Crippen MR) is 101 cm³/mol. The molecule has 1 aromatic heterocycles. The van der Waals surface area contributed by atoms with Crippen molar-refractivity contribution < 1.29 is 19.4 Å². The van der Waals surface area contributed by atoms with Gasteiger partial charge in [-0.3, -0.25) is 15.2 Å². The number of fused-ring (bicyclic) bond motifs is 3. The highest BCUT2D eigenvalue weighted by Gasteiger charge is 2.29. The molecule has 142 valence electrons. The van der Waals surface area contributed by atoms with Crippen molar-refractivity contribution in [2.24, 2.45) is 0 Å². The fraction of sp³-hybridized carbons (Fsp3) is 0.200. The molecule has 1 aliphatic rings. The lowest BCUT2D eigenvalue weighted by atomic mass is 9.98. The Morgan fingerprint density at radius 2 is 1.71 bits per heavy atom. The number of amides is 1. The van der Waals surface area contributed by atoms with Gasteiger partial charge in [0, 0.05) is 12.3 Å². The minimum absolute atomic E-state index is 0.0311. The smallest absolute Gasteiger partial charge is 0.414 e. The molecule has 0 saturated heterocycles. The number of nitrogens with one attached hydrogen (secondary N) is 2. The Labute approximate surface area is 160 Å². The highest BCUT2D eigenvalue weighted by molar-refractivity contribution is 5.83. The van der Waals surface area contributed by atoms with E-state index >= 15 is 0 Å². The summed E-state index contributed by atoms with van der Waals surface area (Å²) in [5.74, 6) is -0.521. The van der Waals surface area contributed by atoms with E-state index in [4.69, 9.17) is 9.84 Å². The SMILES string of the molecule is O=C(O)CCc1nc(NC(=O)OCC2c3ccccc3-c3ccccc32)n[nH]1. The molecule has 3 aromatic rings. The zero-order chi connectivity index (χ0) is 19.5. The summed E-state index contributed by atoms with van der Waals surface area (Å²) in [5.41, 5.74) is 4.57. The van der Waals surface area contributed by atoms with Crippen LogP contribution in [0.5, 0.6) is 0 Å². The maximum absolute atomic E-state index is 12.1. The van der Waals surface area contributed by atoms with Crippen LogP contribution in [-0.4, -0.2) is 39.0 Å². The Morgan fingerprint density at radius 1 is 1.07 bits per heavy atom. The second kappa shape index (κ2) is 7.51. The quantitative estimate of drug-likeness (QED) is 0.606. The van der Waals surface area contributed by atoms with Gasteiger partial charge < -0.3 is 9.84 Å². The van der Waals surface area contributed by atoms with Crippen LogP contribution in [0, 0.1) is 0 Å². The summed E-state index contributed by atoms with van der Waals surface area (Å²) in [7, 11) is 0. The van der Waals surface area contributed by atoms with Gasteiger partial charge in [0.2, 0.25) is 0 Å². The average molecular weight is 378 g/mol. The highest BCUT2D eigenvalue weighted by Crippen LogP contribution is 2.44. The van der Waals surface area contributed by atoms with Gasteiger partial charge in [0.25, 0.3) is 5.95 Å². The van der Waals surface area contributed by atoms with Gasteiger partial charge in [0.1, 0.15) is 12.4 Å². The molecule has 8 heteroatoms. The molecule has 1 amide bonds. The zero-order valence-electron chi connectivity index (χ0n) is 14.9. The number of nitrogens with zero attached hydrogens (tertiary/aromatic N) is 2. The number of ether oxygens (including phenoxy) is 1. The number of carbonyl (C=O) groups is 2. The van der Waals surface area contributed by atoms with Gasteiger partial charge in [0.15, 0.2) is 0 Å². The fourth-order valence-corrected chi connectivity index (χ4v) is 3.41. The van der Waals surface area contributed by atoms with E-state index in [1.54, 1.807) is 0 Å². The van der Waals surface area contributed by atoms with Crippen molar-refractivity contribution in [3.05, 3.63) is 65.5 Å². The predicted octanol–water partition coefficient (Wildman–Crippen LogP) is 3.18. The number of rotatable bonds is 6. The summed E-state index contributed by atoms with van der Waals surface area (Å²) in [6.45, 7) is 0.191. The fourth-order valence-electron chi connectivity index (χ4n) is 3.41. The number of aromatic nitrogens is 3. The summed E-state index contributed by atoms with van der Waals surface area (Å²) >= 11 is 0. The molecule has 8 nitrogen and oxygen atoms in total. The first-order chi connectivity index (χ1) is 13.6. The van der Waals surface area contributed by atoms with E-state index < -0.39 is 12.1 Å². The van der Waals surface area contributed by atoms with Crippen molar-refractivity contribution in [1.82, 2.24) is 15.2 Å². The van der Waals surface area contributed by atoms with Gasteiger partial charge in [-0.25, -0.2) is 4.79 Å². The number of carboxylic acids is 1. The maximum atomic E-state index is 12.1. The number of carbonyl (C=O) groups excluding carboxylic acids is 1. The Bertz CT molecular complexity index is 985. The summed E-state index contributed by atoms with van der Waals surface area (Å²) in [6.07, 6.45) is -0.528. The van der Waals surface area contributed by atoms with E-state index in [0.29, 0.717) is 5.82 Å². The summed E-state index contributed by atoms with van der Waals surface area (Å²) < 4.78 is 5.41. The van der Waals surface area contributed by atoms with Gasteiger partial charge in [0.05, 0.1) is 6.42 Å². The Morgan fingerprint density at radius 3 is 2.36 bits per heavy atom. The molecule has 1 heterocycles. The number of benzene rings is 2. The molecule has 0 spiro atoms. The first kappa shape index (κ1) is 17.7. The monoisotopic (exact) mass is 378 g/mol. The van der Waals surface area contributed by atoms with E-state index in [-0.39, 0.29) is 31.3 Å². The number of aliphatic carboxylic acids is 1. The number of anilines is 1. The van der Waals surface area contributed by atoms with Crippen LogP contribution in [0.3, 0.4) is 0 Å². The first-order valence-electron chi connectivity index (χ1n) is 8.87. The molecule has 0 atom stereocenters. The number of aryl methyl sites for hydroxylation is 1. The lowest BCUT2D eigenvalue weighted by Crippen LogP contribution is -2.18. The third kappa shape index (κ3) is 3.57. The summed E-state index contributed by atoms with van der Waals surface area (Å²) in [4.78, 5) is 26.8. The van der Waals surface area contributed by atoms with Crippen molar-refractivity contribution in [2.45, 2.75) is 18.8 Å². The van der Waals surface area contributed by atoms with Crippen LogP contribution < -0.4 is 5.32 Å². The molecule has 0 bridgehead atoms. The van der Waals surface area contributed by atoms with Gasteiger partial charge >= 0.3 is 12.1 Å². The Hall–Kier alpha value is -3.68. The van der Waals surface area contributed by atoms with Crippen LogP contribution >= 0.6 is 0 Å². The lowest BCUT2D eigenvalue weighted by molar-refractivity contribution is -0.137. The summed E-state index contributed by atoms with van der Waals surface area (Å²) in [5, 5.41) is 17.6. The van der Waals surface area contributed by atoms with Crippen LogP contribution in [-0.2, 0) is 16.0 Å². The Balaban J connectivity index is 1.40. The van der Waals surface area contributed by atoms with Crippen molar-refractivity contribution >= 4 is 18.0 Å². The lowest BCUT2D eigenvalue weighted by Gasteiger charge is -2.13. The second-order valence-electron chi connectivity index (χ2n) is 6.45. The van der Waals surface area contributed by atoms with Crippen LogP contribution in [0.25, 0.3) is 11.1 Å². The number of aromatic amines is 1. The minimum atomic E-state index is -0.928. The summed E-state index contributed by atoms with van der Waals surface area (Å²) in [6, 6.07) is 16.2. The molecule has 1 aliphatic carbocycles. The van der Waals surface area contributed by atoms with E-state index in [1.807, 2.05) is 36.4 Å². The number of H-pyrrole nitrogens is 1. The maximum Gasteiger partial charge on any atom is 0.414 e. The van der Waals surface area contributed by atoms with Gasteiger partial charge in [-0.1, -0.05) is 48.5 Å². The van der Waals surface area contributed by atoms with Crippen molar-refractivity contribution in [3.8, 4) is 11.1 Å². The van der Waals surface area contributed by atoms with Crippen LogP contribution in [0.4, 0.5) is 10.7 Å². The number of hydrogen-bond acceptors (Lipinski definition) is 5. The van der Waals surface area contributed by atoms with Gasteiger partial charge in [-0.05, 0) is 22.3 Å². The largest absolute Gasteiger partial charge is 0.481 e. The molecule has 0 saturated carbocycles. The average Bonchev–Trinajstić information content (AvgIpc) is 3.27. The van der Waals surface area contributed by atoms with E-state index in [0.717, 1.165) is 22.3 Å². The normalized spacial score (nSPS) is 12.3. The minimum Gasteiger partial charge on any atom is -0.481 e. The van der Waals surface area contributed by atoms with Crippen molar-refractivity contribution in [2.75, 3.05) is 11.9 Å². The van der Waals surface area contributed by atoms with Crippen molar-refractivity contribution in [1.29, 1.82) is 0 Å². The third-order valence-corrected chi connectivity index (χ3v) is 4.66. The number of hydrogen-bond donors (Lipinski definition) is 3. The molecular weight excluding hydrogens is 360 g/mol. The van der Waals surface area contributed by atoms with Crippen LogP contribution in [0.1, 0.15) is 29.3 Å². The molecule has 0 fully saturated rings. The van der Waals surface area contributed by atoms with E-state index in [9.17, 15) is 9.59 Å². The topological polar surface area (TPSA) is 117 Å². The molecule has 3 N–H and O–H groups in total.